The van der Waals surface area contributed by atoms with E-state index >= 15 is 0 Å². The third-order valence-electron chi connectivity index (χ3n) is 3.13. The van der Waals surface area contributed by atoms with Crippen molar-refractivity contribution >= 4 is 6.29 Å². The lowest BCUT2D eigenvalue weighted by molar-refractivity contribution is 0.112. The van der Waals surface area contributed by atoms with Crippen LogP contribution in [0.2, 0.25) is 0 Å². The van der Waals surface area contributed by atoms with Gasteiger partial charge in [-0.1, -0.05) is 42.5 Å². The molecule has 0 amide bonds. The molecule has 3 aromatic rings. The maximum atomic E-state index is 10.8. The number of hydrogen-bond donors (Lipinski definition) is 0. The van der Waals surface area contributed by atoms with E-state index in [-0.39, 0.29) is 0 Å². The Kier molecular flexibility index (Phi) is 4.20. The molecule has 0 saturated carbocycles. The summed E-state index contributed by atoms with van der Waals surface area (Å²) in [6.07, 6.45) is 2.51. The van der Waals surface area contributed by atoms with Crippen LogP contribution >= 0.6 is 0 Å². The van der Waals surface area contributed by atoms with Crippen molar-refractivity contribution in [2.24, 2.45) is 0 Å². The molecule has 0 aliphatic heterocycles. The fourth-order valence-electron chi connectivity index (χ4n) is 2.04. The second-order valence-electron chi connectivity index (χ2n) is 4.72. The Morgan fingerprint density at radius 2 is 1.86 bits per heavy atom. The fourth-order valence-corrected chi connectivity index (χ4v) is 2.04. The number of carbonyl (C=O) groups excluding carboxylic acids is 1. The zero-order valence-electron chi connectivity index (χ0n) is 11.8. The van der Waals surface area contributed by atoms with E-state index in [4.69, 9.17) is 4.74 Å². The molecule has 108 valence electrons. The van der Waals surface area contributed by atoms with Crippen LogP contribution in [0, 0.1) is 0 Å². The van der Waals surface area contributed by atoms with Gasteiger partial charge in [0.2, 0.25) is 0 Å². The van der Waals surface area contributed by atoms with Crippen molar-refractivity contribution in [3.63, 3.8) is 0 Å². The highest BCUT2D eigenvalue weighted by Gasteiger charge is 2.03. The van der Waals surface area contributed by atoms with Crippen LogP contribution in [0.1, 0.15) is 16.1 Å². The number of carbonyl (C=O) groups is 1. The molecule has 0 bridgehead atoms. The van der Waals surface area contributed by atoms with Crippen molar-refractivity contribution in [3.8, 4) is 17.1 Å². The summed E-state index contributed by atoms with van der Waals surface area (Å²) in [6.45, 7) is 0.324. The number of nitrogens with zero attached hydrogens (tertiary/aromatic N) is 2. The molecule has 0 unspecified atom stereocenters. The Morgan fingerprint density at radius 3 is 2.68 bits per heavy atom. The molecule has 0 aliphatic carbocycles. The molecule has 0 spiro atoms. The lowest BCUT2D eigenvalue weighted by atomic mass is 10.2. The first-order valence-electron chi connectivity index (χ1n) is 6.90. The summed E-state index contributed by atoms with van der Waals surface area (Å²) in [4.78, 5) is 19.5. The molecule has 0 fully saturated rings. The fraction of sp³-hybridized carbons (Fsp3) is 0.0556. The summed E-state index contributed by atoms with van der Waals surface area (Å²) in [5, 5.41) is 0. The van der Waals surface area contributed by atoms with Crippen molar-refractivity contribution in [3.05, 3.63) is 78.1 Å². The highest BCUT2D eigenvalue weighted by Crippen LogP contribution is 2.16. The lowest BCUT2D eigenvalue weighted by Gasteiger charge is -2.07. The number of rotatable bonds is 5. The Labute approximate surface area is 128 Å². The molecule has 2 aromatic carbocycles. The minimum Gasteiger partial charge on any atom is -0.487 e. The molecule has 0 radical (unpaired) electrons. The minimum atomic E-state index is 0.324. The average molecular weight is 290 g/mol. The standard InChI is InChI=1S/C18H14N2O2/c21-12-14-5-4-8-17(11-14)22-13-16-9-10-19-18(20-16)15-6-2-1-3-7-15/h1-12H,13H2. The first kappa shape index (κ1) is 13.9. The molecule has 4 nitrogen and oxygen atoms in total. The number of hydrogen-bond acceptors (Lipinski definition) is 4. The van der Waals surface area contributed by atoms with Crippen LogP contribution in [0.15, 0.2) is 66.9 Å². The van der Waals surface area contributed by atoms with Gasteiger partial charge in [0.05, 0.1) is 5.69 Å². The van der Waals surface area contributed by atoms with Crippen molar-refractivity contribution in [1.29, 1.82) is 0 Å². The van der Waals surface area contributed by atoms with Gasteiger partial charge >= 0.3 is 0 Å². The van der Waals surface area contributed by atoms with Gasteiger partial charge in [-0.05, 0) is 18.2 Å². The van der Waals surface area contributed by atoms with Gasteiger partial charge in [0, 0.05) is 17.3 Å². The Hall–Kier alpha value is -3.01. The quantitative estimate of drug-likeness (QED) is 0.674. The first-order valence-corrected chi connectivity index (χ1v) is 6.90. The molecule has 22 heavy (non-hydrogen) atoms. The van der Waals surface area contributed by atoms with Crippen LogP contribution in [0.5, 0.6) is 5.75 Å². The summed E-state index contributed by atoms with van der Waals surface area (Å²) in [7, 11) is 0. The summed E-state index contributed by atoms with van der Waals surface area (Å²) < 4.78 is 5.68. The van der Waals surface area contributed by atoms with E-state index in [2.05, 4.69) is 9.97 Å². The molecular formula is C18H14N2O2. The molecule has 0 saturated heterocycles. The van der Waals surface area contributed by atoms with Crippen molar-refractivity contribution in [2.45, 2.75) is 6.61 Å². The van der Waals surface area contributed by atoms with Gasteiger partial charge in [0.15, 0.2) is 5.82 Å². The van der Waals surface area contributed by atoms with Crippen LogP contribution in [0.25, 0.3) is 11.4 Å². The summed E-state index contributed by atoms with van der Waals surface area (Å²) in [5.41, 5.74) is 2.34. The summed E-state index contributed by atoms with van der Waals surface area (Å²) >= 11 is 0. The van der Waals surface area contributed by atoms with Crippen LogP contribution in [0.4, 0.5) is 0 Å². The van der Waals surface area contributed by atoms with E-state index < -0.39 is 0 Å². The third kappa shape index (κ3) is 3.35. The van der Waals surface area contributed by atoms with Gasteiger partial charge in [-0.25, -0.2) is 9.97 Å². The first-order chi connectivity index (χ1) is 10.8. The SMILES string of the molecule is O=Cc1cccc(OCc2ccnc(-c3ccccc3)n2)c1. The summed E-state index contributed by atoms with van der Waals surface area (Å²) in [5.74, 6) is 1.31. The second-order valence-corrected chi connectivity index (χ2v) is 4.72. The highest BCUT2D eigenvalue weighted by atomic mass is 16.5. The Morgan fingerprint density at radius 1 is 1.00 bits per heavy atom. The zero-order chi connectivity index (χ0) is 15.2. The van der Waals surface area contributed by atoms with E-state index in [0.717, 1.165) is 17.5 Å². The van der Waals surface area contributed by atoms with Gasteiger partial charge < -0.3 is 4.74 Å². The smallest absolute Gasteiger partial charge is 0.159 e. The molecule has 4 heteroatoms. The van der Waals surface area contributed by atoms with Crippen LogP contribution in [0.3, 0.4) is 0 Å². The number of benzene rings is 2. The van der Waals surface area contributed by atoms with Gasteiger partial charge in [-0.2, -0.15) is 0 Å². The number of aromatic nitrogens is 2. The maximum Gasteiger partial charge on any atom is 0.159 e. The van der Waals surface area contributed by atoms with Crippen LogP contribution in [-0.2, 0) is 6.61 Å². The van der Waals surface area contributed by atoms with Gasteiger partial charge in [-0.15, -0.1) is 0 Å². The maximum absolute atomic E-state index is 10.8. The van der Waals surface area contributed by atoms with E-state index in [1.807, 2.05) is 42.5 Å². The van der Waals surface area contributed by atoms with Crippen LogP contribution < -0.4 is 4.74 Å². The number of ether oxygens (including phenoxy) is 1. The van der Waals surface area contributed by atoms with E-state index in [1.54, 1.807) is 24.4 Å². The number of aldehydes is 1. The normalized spacial score (nSPS) is 10.2. The Balaban J connectivity index is 1.74. The highest BCUT2D eigenvalue weighted by molar-refractivity contribution is 5.75. The Bertz CT molecular complexity index is 773. The van der Waals surface area contributed by atoms with Crippen molar-refractivity contribution in [2.75, 3.05) is 0 Å². The third-order valence-corrected chi connectivity index (χ3v) is 3.13. The topological polar surface area (TPSA) is 52.1 Å². The van der Waals surface area contributed by atoms with E-state index in [1.165, 1.54) is 0 Å². The van der Waals surface area contributed by atoms with Crippen molar-refractivity contribution < 1.29 is 9.53 Å². The molecule has 0 aliphatic rings. The molecule has 0 N–H and O–H groups in total. The largest absolute Gasteiger partial charge is 0.487 e. The second kappa shape index (κ2) is 6.63. The molecular weight excluding hydrogens is 276 g/mol. The van der Waals surface area contributed by atoms with E-state index in [9.17, 15) is 4.79 Å². The van der Waals surface area contributed by atoms with Gasteiger partial charge in [-0.3, -0.25) is 4.79 Å². The minimum absolute atomic E-state index is 0.324. The van der Waals surface area contributed by atoms with E-state index in [0.29, 0.717) is 23.7 Å². The zero-order valence-corrected chi connectivity index (χ0v) is 11.8. The van der Waals surface area contributed by atoms with Crippen molar-refractivity contribution in [1.82, 2.24) is 9.97 Å². The predicted octanol–water partition coefficient (Wildman–Crippen LogP) is 3.54. The van der Waals surface area contributed by atoms with Gasteiger partial charge in [0.1, 0.15) is 18.6 Å². The predicted molar refractivity (Wildman–Crippen MR) is 83.6 cm³/mol. The van der Waals surface area contributed by atoms with Crippen LogP contribution in [-0.4, -0.2) is 16.3 Å². The monoisotopic (exact) mass is 290 g/mol. The molecule has 3 rings (SSSR count). The molecule has 1 aromatic heterocycles. The summed E-state index contributed by atoms with van der Waals surface area (Å²) in [6, 6.07) is 18.6. The molecule has 1 heterocycles. The van der Waals surface area contributed by atoms with Gasteiger partial charge in [0.25, 0.3) is 0 Å². The average Bonchev–Trinajstić information content (AvgIpc) is 2.61. The molecule has 0 atom stereocenters. The lowest BCUT2D eigenvalue weighted by Crippen LogP contribution is -2.00.